The molecular formula is C6H14N2S. The number of thioether (sulfide) groups is 1. The van der Waals surface area contributed by atoms with Gasteiger partial charge in [0.25, 0.3) is 0 Å². The molecular weight excluding hydrogens is 132 g/mol. The van der Waals surface area contributed by atoms with Crippen LogP contribution in [0.3, 0.4) is 0 Å². The average Bonchev–Trinajstić information content (AvgIpc) is 1.89. The molecule has 1 rings (SSSR count). The zero-order chi connectivity index (χ0) is 6.69. The quantitative estimate of drug-likeness (QED) is 0.578. The number of hydrogen-bond acceptors (Lipinski definition) is 3. The third-order valence-corrected chi connectivity index (χ3v) is 2.90. The van der Waals surface area contributed by atoms with Crippen LogP contribution in [-0.4, -0.2) is 36.2 Å². The minimum Gasteiger partial charge on any atom is -0.329 e. The fourth-order valence-electron chi connectivity index (χ4n) is 1.05. The highest BCUT2D eigenvalue weighted by Crippen LogP contribution is 2.16. The van der Waals surface area contributed by atoms with E-state index in [1.165, 1.54) is 12.2 Å². The third-order valence-electron chi connectivity index (χ3n) is 1.79. The van der Waals surface area contributed by atoms with Gasteiger partial charge in [-0.05, 0) is 19.2 Å². The van der Waals surface area contributed by atoms with Crippen LogP contribution in [0, 0.1) is 0 Å². The molecule has 0 aromatic heterocycles. The molecule has 54 valence electrons. The van der Waals surface area contributed by atoms with Crippen LogP contribution in [0.2, 0.25) is 0 Å². The minimum atomic E-state index is 0.645. The van der Waals surface area contributed by atoms with Gasteiger partial charge in [0.2, 0.25) is 0 Å². The van der Waals surface area contributed by atoms with Gasteiger partial charge in [-0.15, -0.1) is 11.8 Å². The van der Waals surface area contributed by atoms with Crippen molar-refractivity contribution in [2.45, 2.75) is 12.5 Å². The van der Waals surface area contributed by atoms with E-state index in [-0.39, 0.29) is 0 Å². The zero-order valence-corrected chi connectivity index (χ0v) is 6.66. The Kier molecular flexibility index (Phi) is 2.82. The lowest BCUT2D eigenvalue weighted by Crippen LogP contribution is -2.40. The molecule has 0 aromatic carbocycles. The van der Waals surface area contributed by atoms with E-state index in [1.54, 1.807) is 0 Å². The summed E-state index contributed by atoms with van der Waals surface area (Å²) in [6.45, 7) is 0.817. The van der Waals surface area contributed by atoms with Gasteiger partial charge in [0.1, 0.15) is 0 Å². The average molecular weight is 146 g/mol. The standard InChI is InChI=1S/C6H14N2S/c1-8-5-9-3-2-6(8)4-7/h6H,2-5,7H2,1H3. The molecule has 1 saturated heterocycles. The van der Waals surface area contributed by atoms with E-state index < -0.39 is 0 Å². The summed E-state index contributed by atoms with van der Waals surface area (Å²) in [4.78, 5) is 2.33. The van der Waals surface area contributed by atoms with Gasteiger partial charge in [0.15, 0.2) is 0 Å². The van der Waals surface area contributed by atoms with Gasteiger partial charge in [-0.1, -0.05) is 0 Å². The van der Waals surface area contributed by atoms with E-state index >= 15 is 0 Å². The monoisotopic (exact) mass is 146 g/mol. The second-order valence-corrected chi connectivity index (χ2v) is 3.55. The maximum Gasteiger partial charge on any atom is 0.0444 e. The maximum absolute atomic E-state index is 5.54. The van der Waals surface area contributed by atoms with Crippen molar-refractivity contribution in [3.8, 4) is 0 Å². The van der Waals surface area contributed by atoms with Crippen LogP contribution >= 0.6 is 11.8 Å². The van der Waals surface area contributed by atoms with Crippen molar-refractivity contribution in [3.05, 3.63) is 0 Å². The lowest BCUT2D eigenvalue weighted by Gasteiger charge is -2.30. The molecule has 2 nitrogen and oxygen atoms in total. The van der Waals surface area contributed by atoms with Crippen molar-refractivity contribution in [3.63, 3.8) is 0 Å². The largest absolute Gasteiger partial charge is 0.329 e. The Balaban J connectivity index is 2.30. The van der Waals surface area contributed by atoms with Crippen molar-refractivity contribution >= 4 is 11.8 Å². The molecule has 0 radical (unpaired) electrons. The molecule has 0 aliphatic carbocycles. The topological polar surface area (TPSA) is 29.3 Å². The molecule has 0 aromatic rings. The first-order valence-electron chi connectivity index (χ1n) is 3.32. The van der Waals surface area contributed by atoms with E-state index in [0.717, 1.165) is 12.4 Å². The third kappa shape index (κ3) is 1.85. The van der Waals surface area contributed by atoms with Crippen LogP contribution in [0.15, 0.2) is 0 Å². The van der Waals surface area contributed by atoms with Crippen LogP contribution in [0.1, 0.15) is 6.42 Å². The molecule has 0 saturated carbocycles. The molecule has 1 unspecified atom stereocenters. The lowest BCUT2D eigenvalue weighted by atomic mass is 10.2. The number of likely N-dealkylation sites (N-methyl/N-ethyl adjacent to an activating group) is 1. The summed E-state index contributed by atoms with van der Waals surface area (Å²) in [5.74, 6) is 2.44. The Morgan fingerprint density at radius 3 is 3.00 bits per heavy atom. The highest BCUT2D eigenvalue weighted by atomic mass is 32.2. The SMILES string of the molecule is CN1CSCCC1CN. The van der Waals surface area contributed by atoms with Gasteiger partial charge < -0.3 is 5.73 Å². The summed E-state index contributed by atoms with van der Waals surface area (Å²) in [6, 6.07) is 0.645. The molecule has 0 spiro atoms. The van der Waals surface area contributed by atoms with Gasteiger partial charge in [-0.2, -0.15) is 0 Å². The van der Waals surface area contributed by atoms with Crippen LogP contribution in [-0.2, 0) is 0 Å². The van der Waals surface area contributed by atoms with Crippen molar-refractivity contribution < 1.29 is 0 Å². The molecule has 0 amide bonds. The summed E-state index contributed by atoms with van der Waals surface area (Å²) in [5.41, 5.74) is 5.54. The van der Waals surface area contributed by atoms with Crippen molar-refractivity contribution in [1.29, 1.82) is 0 Å². The molecule has 3 heteroatoms. The first-order chi connectivity index (χ1) is 4.34. The molecule has 1 aliphatic rings. The van der Waals surface area contributed by atoms with Gasteiger partial charge >= 0.3 is 0 Å². The van der Waals surface area contributed by atoms with Crippen molar-refractivity contribution in [1.82, 2.24) is 4.90 Å². The summed E-state index contributed by atoms with van der Waals surface area (Å²) < 4.78 is 0. The maximum atomic E-state index is 5.54. The number of hydrogen-bond donors (Lipinski definition) is 1. The van der Waals surface area contributed by atoms with E-state index in [9.17, 15) is 0 Å². The highest BCUT2D eigenvalue weighted by molar-refractivity contribution is 7.99. The fraction of sp³-hybridized carbons (Fsp3) is 1.00. The number of nitrogens with two attached hydrogens (primary N) is 1. The van der Waals surface area contributed by atoms with E-state index in [0.29, 0.717) is 6.04 Å². The van der Waals surface area contributed by atoms with Crippen LogP contribution in [0.5, 0.6) is 0 Å². The van der Waals surface area contributed by atoms with Crippen molar-refractivity contribution in [2.75, 3.05) is 25.2 Å². The first-order valence-corrected chi connectivity index (χ1v) is 4.48. The second kappa shape index (κ2) is 3.44. The molecule has 1 atom stereocenters. The Labute approximate surface area is 60.8 Å². The first kappa shape index (κ1) is 7.38. The minimum absolute atomic E-state index is 0.645. The Bertz CT molecular complexity index is 87.1. The summed E-state index contributed by atoms with van der Waals surface area (Å²) >= 11 is 1.99. The van der Waals surface area contributed by atoms with E-state index in [2.05, 4.69) is 11.9 Å². The van der Waals surface area contributed by atoms with Gasteiger partial charge in [-0.3, -0.25) is 4.90 Å². The summed E-state index contributed by atoms with van der Waals surface area (Å²) in [5, 5.41) is 0. The van der Waals surface area contributed by atoms with Crippen LogP contribution in [0.4, 0.5) is 0 Å². The molecule has 9 heavy (non-hydrogen) atoms. The summed E-state index contributed by atoms with van der Waals surface area (Å²) in [6.07, 6.45) is 1.26. The Morgan fingerprint density at radius 1 is 1.78 bits per heavy atom. The second-order valence-electron chi connectivity index (χ2n) is 2.47. The van der Waals surface area contributed by atoms with Gasteiger partial charge in [0, 0.05) is 18.5 Å². The normalized spacial score (nSPS) is 30.7. The van der Waals surface area contributed by atoms with Crippen molar-refractivity contribution in [2.24, 2.45) is 5.73 Å². The smallest absolute Gasteiger partial charge is 0.0444 e. The van der Waals surface area contributed by atoms with E-state index in [4.69, 9.17) is 5.73 Å². The molecule has 2 N–H and O–H groups in total. The highest BCUT2D eigenvalue weighted by Gasteiger charge is 2.16. The Morgan fingerprint density at radius 2 is 2.56 bits per heavy atom. The van der Waals surface area contributed by atoms with Crippen LogP contribution in [0.25, 0.3) is 0 Å². The number of nitrogens with zero attached hydrogens (tertiary/aromatic N) is 1. The number of rotatable bonds is 1. The Hall–Kier alpha value is 0.270. The van der Waals surface area contributed by atoms with Gasteiger partial charge in [0.05, 0.1) is 0 Å². The molecule has 1 heterocycles. The predicted octanol–water partition coefficient (Wildman–Crippen LogP) is 0.340. The van der Waals surface area contributed by atoms with Gasteiger partial charge in [-0.25, -0.2) is 0 Å². The molecule has 0 bridgehead atoms. The predicted molar refractivity (Wildman–Crippen MR) is 42.5 cm³/mol. The summed E-state index contributed by atoms with van der Waals surface area (Å²) in [7, 11) is 2.14. The molecule has 1 fully saturated rings. The fourth-order valence-corrected chi connectivity index (χ4v) is 2.12. The molecule has 1 aliphatic heterocycles. The van der Waals surface area contributed by atoms with E-state index in [1.807, 2.05) is 11.8 Å². The lowest BCUT2D eigenvalue weighted by molar-refractivity contribution is 0.273. The zero-order valence-electron chi connectivity index (χ0n) is 5.84. The van der Waals surface area contributed by atoms with Crippen LogP contribution < -0.4 is 5.73 Å².